The smallest absolute Gasteiger partial charge is 0.276 e. The summed E-state index contributed by atoms with van der Waals surface area (Å²) in [6.45, 7) is 0. The first-order valence-electron chi connectivity index (χ1n) is 5.58. The largest absolute Gasteiger partial charge is 0.504 e. The first kappa shape index (κ1) is 13.5. The van der Waals surface area contributed by atoms with E-state index in [1.54, 1.807) is 0 Å². The minimum atomic E-state index is -0.672. The zero-order chi connectivity index (χ0) is 14.9. The molecular weight excluding hydrogens is 266 g/mol. The van der Waals surface area contributed by atoms with Crippen LogP contribution in [0.2, 0.25) is 0 Å². The lowest BCUT2D eigenvalue weighted by atomic mass is 10.0. The summed E-state index contributed by atoms with van der Waals surface area (Å²) in [7, 11) is 0. The van der Waals surface area contributed by atoms with Crippen molar-refractivity contribution in [2.75, 3.05) is 0 Å². The number of rotatable bonds is 3. The molecule has 2 aromatic carbocycles. The minimum Gasteiger partial charge on any atom is -0.504 e. The minimum absolute atomic E-state index is 0.0536. The van der Waals surface area contributed by atoms with E-state index in [0.717, 1.165) is 12.1 Å². The van der Waals surface area contributed by atoms with Crippen molar-refractivity contribution in [2.24, 2.45) is 0 Å². The highest BCUT2D eigenvalue weighted by molar-refractivity contribution is 5.54. The number of hydrogen-bond acceptors (Lipinski definition) is 6. The average molecular weight is 277 g/mol. The fraction of sp³-hybridized carbons (Fsp3) is 0.0769. The van der Waals surface area contributed by atoms with Crippen molar-refractivity contribution in [1.82, 2.24) is 0 Å². The third-order valence-corrected chi connectivity index (χ3v) is 2.81. The van der Waals surface area contributed by atoms with E-state index in [4.69, 9.17) is 0 Å². The highest BCUT2D eigenvalue weighted by Gasteiger charge is 2.18. The summed E-state index contributed by atoms with van der Waals surface area (Å²) in [6, 6.07) is 5.98. The van der Waals surface area contributed by atoms with E-state index in [0.29, 0.717) is 5.56 Å². The van der Waals surface area contributed by atoms with Gasteiger partial charge in [-0.3, -0.25) is 10.1 Å². The molecule has 0 atom stereocenters. The Bertz CT molecular complexity index is 683. The Labute approximate surface area is 113 Å². The molecule has 0 bridgehead atoms. The second kappa shape index (κ2) is 4.96. The number of hydrogen-bond donors (Lipinski definition) is 4. The molecule has 0 saturated heterocycles. The lowest BCUT2D eigenvalue weighted by Crippen LogP contribution is -1.97. The van der Waals surface area contributed by atoms with Crippen LogP contribution in [0, 0.1) is 10.1 Å². The second-order valence-corrected chi connectivity index (χ2v) is 4.23. The summed E-state index contributed by atoms with van der Waals surface area (Å²) in [4.78, 5) is 10.2. The number of phenolic OH excluding ortho intramolecular Hbond substituents is 4. The van der Waals surface area contributed by atoms with Crippen LogP contribution in [0.15, 0.2) is 30.3 Å². The molecule has 0 radical (unpaired) electrons. The van der Waals surface area contributed by atoms with Crippen molar-refractivity contribution in [3.63, 3.8) is 0 Å². The molecule has 0 aliphatic heterocycles. The van der Waals surface area contributed by atoms with Crippen molar-refractivity contribution in [3.05, 3.63) is 51.6 Å². The van der Waals surface area contributed by atoms with Crippen LogP contribution in [0.25, 0.3) is 0 Å². The summed E-state index contributed by atoms with van der Waals surface area (Å²) in [5.41, 5.74) is 0.344. The van der Waals surface area contributed by atoms with Crippen LogP contribution in [0.4, 0.5) is 5.69 Å². The van der Waals surface area contributed by atoms with Gasteiger partial charge in [0.25, 0.3) is 5.69 Å². The molecule has 2 rings (SSSR count). The van der Waals surface area contributed by atoms with Crippen LogP contribution >= 0.6 is 0 Å². The van der Waals surface area contributed by atoms with Crippen LogP contribution < -0.4 is 0 Å². The molecule has 7 heteroatoms. The lowest BCUT2D eigenvalue weighted by Gasteiger charge is -2.07. The SMILES string of the molecule is O=[N+]([O-])c1cc(O)c(O)cc1Cc1ccc(O)c(O)c1. The Balaban J connectivity index is 2.44. The predicted octanol–water partition coefficient (Wildman–Crippen LogP) is 2.01. The number of nitrogens with zero attached hydrogens (tertiary/aromatic N) is 1. The number of phenols is 4. The molecule has 0 aliphatic rings. The lowest BCUT2D eigenvalue weighted by molar-refractivity contribution is -0.385. The van der Waals surface area contributed by atoms with E-state index < -0.39 is 16.4 Å². The van der Waals surface area contributed by atoms with Gasteiger partial charge in [-0.1, -0.05) is 6.07 Å². The van der Waals surface area contributed by atoms with Crippen molar-refractivity contribution in [1.29, 1.82) is 0 Å². The van der Waals surface area contributed by atoms with Crippen molar-refractivity contribution in [2.45, 2.75) is 6.42 Å². The molecule has 4 N–H and O–H groups in total. The van der Waals surface area contributed by atoms with Gasteiger partial charge in [0.05, 0.1) is 11.0 Å². The van der Waals surface area contributed by atoms with Crippen LogP contribution in [0.1, 0.15) is 11.1 Å². The maximum absolute atomic E-state index is 10.9. The van der Waals surface area contributed by atoms with Gasteiger partial charge in [-0.05, 0) is 23.8 Å². The highest BCUT2D eigenvalue weighted by atomic mass is 16.6. The number of nitro groups is 1. The summed E-state index contributed by atoms with van der Waals surface area (Å²) in [5.74, 6) is -1.67. The summed E-state index contributed by atoms with van der Waals surface area (Å²) < 4.78 is 0. The van der Waals surface area contributed by atoms with E-state index in [-0.39, 0.29) is 29.2 Å². The van der Waals surface area contributed by atoms with E-state index in [9.17, 15) is 30.5 Å². The van der Waals surface area contributed by atoms with E-state index in [1.807, 2.05) is 0 Å². The molecule has 0 fully saturated rings. The Hall–Kier alpha value is -2.96. The Morgan fingerprint density at radius 3 is 2.10 bits per heavy atom. The maximum Gasteiger partial charge on any atom is 0.276 e. The van der Waals surface area contributed by atoms with E-state index in [2.05, 4.69) is 0 Å². The predicted molar refractivity (Wildman–Crippen MR) is 69.0 cm³/mol. The van der Waals surface area contributed by atoms with Gasteiger partial charge in [-0.25, -0.2) is 0 Å². The van der Waals surface area contributed by atoms with Crippen LogP contribution in [-0.2, 0) is 6.42 Å². The maximum atomic E-state index is 10.9. The molecule has 0 amide bonds. The Kier molecular flexibility index (Phi) is 3.34. The number of nitro benzene ring substituents is 1. The fourth-order valence-corrected chi connectivity index (χ4v) is 1.82. The number of benzene rings is 2. The summed E-state index contributed by atoms with van der Waals surface area (Å²) >= 11 is 0. The molecule has 0 spiro atoms. The molecule has 2 aromatic rings. The molecule has 0 aromatic heterocycles. The topological polar surface area (TPSA) is 124 Å². The van der Waals surface area contributed by atoms with Gasteiger partial charge in [-0.15, -0.1) is 0 Å². The molecule has 0 aliphatic carbocycles. The van der Waals surface area contributed by atoms with Gasteiger partial charge in [0.2, 0.25) is 0 Å². The number of aromatic hydroxyl groups is 4. The molecule has 0 unspecified atom stereocenters. The zero-order valence-corrected chi connectivity index (χ0v) is 10.1. The molecule has 104 valence electrons. The second-order valence-electron chi connectivity index (χ2n) is 4.23. The first-order chi connectivity index (χ1) is 9.38. The standard InChI is InChI=1S/C13H11NO6/c15-10-2-1-7(4-11(10)16)3-8-5-12(17)13(18)6-9(8)14(19)20/h1-2,4-6,15-18H,3H2. The van der Waals surface area contributed by atoms with Crippen LogP contribution in [-0.4, -0.2) is 25.3 Å². The molecular formula is C13H11NO6. The van der Waals surface area contributed by atoms with Crippen molar-refractivity contribution in [3.8, 4) is 23.0 Å². The quantitative estimate of drug-likeness (QED) is 0.386. The van der Waals surface area contributed by atoms with Gasteiger partial charge in [0, 0.05) is 12.0 Å². The van der Waals surface area contributed by atoms with Gasteiger partial charge < -0.3 is 20.4 Å². The molecule has 0 heterocycles. The van der Waals surface area contributed by atoms with Gasteiger partial charge >= 0.3 is 0 Å². The van der Waals surface area contributed by atoms with Gasteiger partial charge in [0.15, 0.2) is 23.0 Å². The molecule has 0 saturated carbocycles. The van der Waals surface area contributed by atoms with Crippen molar-refractivity contribution < 1.29 is 25.3 Å². The first-order valence-corrected chi connectivity index (χ1v) is 5.58. The summed E-state index contributed by atoms with van der Waals surface area (Å²) in [6.07, 6.45) is 0.0536. The van der Waals surface area contributed by atoms with Gasteiger partial charge in [0.1, 0.15) is 0 Å². The molecule has 7 nitrogen and oxygen atoms in total. The fourth-order valence-electron chi connectivity index (χ4n) is 1.82. The normalized spacial score (nSPS) is 10.4. The van der Waals surface area contributed by atoms with E-state index in [1.165, 1.54) is 18.2 Å². The monoisotopic (exact) mass is 277 g/mol. The van der Waals surface area contributed by atoms with Gasteiger partial charge in [-0.2, -0.15) is 0 Å². The average Bonchev–Trinajstić information content (AvgIpc) is 2.37. The van der Waals surface area contributed by atoms with Crippen LogP contribution in [0.5, 0.6) is 23.0 Å². The van der Waals surface area contributed by atoms with Crippen molar-refractivity contribution >= 4 is 5.69 Å². The van der Waals surface area contributed by atoms with Crippen LogP contribution in [0.3, 0.4) is 0 Å². The van der Waals surface area contributed by atoms with E-state index >= 15 is 0 Å². The Morgan fingerprint density at radius 1 is 0.900 bits per heavy atom. The molecule has 20 heavy (non-hydrogen) atoms. The Morgan fingerprint density at radius 2 is 1.50 bits per heavy atom. The third-order valence-electron chi connectivity index (χ3n) is 2.81. The summed E-state index contributed by atoms with van der Waals surface area (Å²) in [5, 5.41) is 48.2. The zero-order valence-electron chi connectivity index (χ0n) is 10.1. The third kappa shape index (κ3) is 2.56. The highest BCUT2D eigenvalue weighted by Crippen LogP contribution is 2.34.